The smallest absolute Gasteiger partial charge is 0.340 e. The Morgan fingerprint density at radius 3 is 2.25 bits per heavy atom. The second kappa shape index (κ2) is 8.30. The number of carboxylic acids is 1. The number of hydrogen-bond donors (Lipinski definition) is 2. The third-order valence-electron chi connectivity index (χ3n) is 5.75. The molecule has 1 amide bonds. The number of nitrogens with one attached hydrogen (secondary N) is 1. The number of carbonyl (C=O) groups is 2. The van der Waals surface area contributed by atoms with E-state index in [2.05, 4.69) is 5.32 Å². The van der Waals surface area contributed by atoms with Crippen molar-refractivity contribution in [3.8, 4) is 11.1 Å². The maximum absolute atomic E-state index is 13.9. The number of anilines is 1. The Labute approximate surface area is 185 Å². The van der Waals surface area contributed by atoms with Crippen LogP contribution in [0.4, 0.5) is 10.1 Å². The second-order valence-corrected chi connectivity index (χ2v) is 7.65. The molecule has 0 aromatic heterocycles. The molecule has 3 aromatic rings. The first-order chi connectivity index (χ1) is 15.4. The molecule has 0 radical (unpaired) electrons. The first-order valence-electron chi connectivity index (χ1n) is 10.3. The van der Waals surface area contributed by atoms with Crippen LogP contribution in [0.5, 0.6) is 0 Å². The molecule has 5 nitrogen and oxygen atoms in total. The lowest BCUT2D eigenvalue weighted by molar-refractivity contribution is -0.142. The SMILES string of the molecule is CCN(C(C)=O)C1=Cc2cc(F)ccc2NC1(C(=O)O)c1ccc(-c2ccccc2)cc1. The summed E-state index contributed by atoms with van der Waals surface area (Å²) in [4.78, 5) is 26.7. The van der Waals surface area contributed by atoms with Crippen molar-refractivity contribution in [2.24, 2.45) is 0 Å². The normalized spacial score (nSPS) is 17.0. The quantitative estimate of drug-likeness (QED) is 0.590. The molecule has 1 aliphatic heterocycles. The van der Waals surface area contributed by atoms with E-state index in [0.29, 0.717) is 16.8 Å². The molecule has 4 rings (SSSR count). The molecule has 0 fully saturated rings. The summed E-state index contributed by atoms with van der Waals surface area (Å²) in [6.07, 6.45) is 1.58. The molecule has 6 heteroatoms. The minimum atomic E-state index is -1.72. The number of rotatable bonds is 5. The minimum Gasteiger partial charge on any atom is -0.479 e. The topological polar surface area (TPSA) is 69.6 Å². The van der Waals surface area contributed by atoms with Crippen LogP contribution in [0.15, 0.2) is 78.5 Å². The summed E-state index contributed by atoms with van der Waals surface area (Å²) in [5.41, 5.74) is 1.90. The van der Waals surface area contributed by atoms with E-state index in [9.17, 15) is 19.1 Å². The van der Waals surface area contributed by atoms with E-state index >= 15 is 0 Å². The first-order valence-corrected chi connectivity index (χ1v) is 10.3. The van der Waals surface area contributed by atoms with Gasteiger partial charge in [0.15, 0.2) is 0 Å². The average Bonchev–Trinajstić information content (AvgIpc) is 2.79. The number of aliphatic carboxylic acids is 1. The number of likely N-dealkylation sites (N-methyl/N-ethyl adjacent to an activating group) is 1. The standard InChI is InChI=1S/C26H23FN2O3/c1-3-29(17(2)30)24-16-20-15-22(27)13-14-23(20)28-26(24,25(31)32)21-11-9-19(10-12-21)18-7-5-4-6-8-18/h4-16,28H,3H2,1-2H3,(H,31,32). The fourth-order valence-corrected chi connectivity index (χ4v) is 4.18. The van der Waals surface area contributed by atoms with Gasteiger partial charge >= 0.3 is 5.97 Å². The van der Waals surface area contributed by atoms with Crippen molar-refractivity contribution in [3.05, 3.63) is 95.4 Å². The van der Waals surface area contributed by atoms with Gasteiger partial charge in [-0.3, -0.25) is 4.79 Å². The van der Waals surface area contributed by atoms with Gasteiger partial charge < -0.3 is 15.3 Å². The maximum atomic E-state index is 13.9. The monoisotopic (exact) mass is 430 g/mol. The third kappa shape index (κ3) is 3.54. The van der Waals surface area contributed by atoms with Crippen molar-refractivity contribution in [2.45, 2.75) is 19.4 Å². The highest BCUT2D eigenvalue weighted by Gasteiger charge is 2.49. The molecule has 0 bridgehead atoms. The Morgan fingerprint density at radius 2 is 1.66 bits per heavy atom. The number of carboxylic acid groups (broad SMARTS) is 1. The summed E-state index contributed by atoms with van der Waals surface area (Å²) in [5, 5.41) is 13.6. The van der Waals surface area contributed by atoms with Gasteiger partial charge in [0.25, 0.3) is 0 Å². The van der Waals surface area contributed by atoms with E-state index in [-0.39, 0.29) is 18.1 Å². The van der Waals surface area contributed by atoms with Gasteiger partial charge in [-0.05, 0) is 47.9 Å². The van der Waals surface area contributed by atoms with Gasteiger partial charge in [0, 0.05) is 24.7 Å². The zero-order valence-corrected chi connectivity index (χ0v) is 17.8. The summed E-state index contributed by atoms with van der Waals surface area (Å²) in [6, 6.07) is 21.1. The molecule has 0 spiro atoms. The molecule has 1 unspecified atom stereocenters. The zero-order chi connectivity index (χ0) is 22.9. The predicted molar refractivity (Wildman–Crippen MR) is 122 cm³/mol. The number of fused-ring (bicyclic) bond motifs is 1. The predicted octanol–water partition coefficient (Wildman–Crippen LogP) is 5.11. The molecular formula is C26H23FN2O3. The fourth-order valence-electron chi connectivity index (χ4n) is 4.18. The highest BCUT2D eigenvalue weighted by Crippen LogP contribution is 2.43. The van der Waals surface area contributed by atoms with E-state index in [1.54, 1.807) is 25.1 Å². The molecule has 1 atom stereocenters. The lowest BCUT2D eigenvalue weighted by Gasteiger charge is -2.42. The van der Waals surface area contributed by atoms with Gasteiger partial charge in [0.05, 0.1) is 5.70 Å². The molecule has 3 aromatic carbocycles. The summed E-state index contributed by atoms with van der Waals surface area (Å²) in [7, 11) is 0. The van der Waals surface area contributed by atoms with Gasteiger partial charge in [0.2, 0.25) is 11.4 Å². The van der Waals surface area contributed by atoms with Crippen LogP contribution in [0.3, 0.4) is 0 Å². The van der Waals surface area contributed by atoms with E-state index in [1.165, 1.54) is 30.0 Å². The highest BCUT2D eigenvalue weighted by molar-refractivity contribution is 5.96. The highest BCUT2D eigenvalue weighted by atomic mass is 19.1. The van der Waals surface area contributed by atoms with Gasteiger partial charge in [-0.1, -0.05) is 54.6 Å². The number of carbonyl (C=O) groups excluding carboxylic acids is 1. The van der Waals surface area contributed by atoms with Crippen LogP contribution < -0.4 is 5.32 Å². The van der Waals surface area contributed by atoms with Gasteiger partial charge in [-0.15, -0.1) is 0 Å². The molecule has 2 N–H and O–H groups in total. The van der Waals surface area contributed by atoms with Crippen molar-refractivity contribution in [2.75, 3.05) is 11.9 Å². The largest absolute Gasteiger partial charge is 0.479 e. The Kier molecular flexibility index (Phi) is 5.53. The average molecular weight is 430 g/mol. The zero-order valence-electron chi connectivity index (χ0n) is 17.8. The molecule has 1 aliphatic rings. The van der Waals surface area contributed by atoms with Gasteiger partial charge in [-0.25, -0.2) is 9.18 Å². The van der Waals surface area contributed by atoms with Crippen molar-refractivity contribution in [1.29, 1.82) is 0 Å². The number of benzene rings is 3. The first kappa shape index (κ1) is 21.3. The lowest BCUT2D eigenvalue weighted by Crippen LogP contribution is -2.52. The summed E-state index contributed by atoms with van der Waals surface area (Å²) in [5.74, 6) is -1.90. The van der Waals surface area contributed by atoms with Crippen LogP contribution in [0.1, 0.15) is 25.0 Å². The van der Waals surface area contributed by atoms with E-state index in [1.807, 2.05) is 42.5 Å². The molecule has 0 saturated heterocycles. The van der Waals surface area contributed by atoms with Crippen LogP contribution in [0.25, 0.3) is 17.2 Å². The van der Waals surface area contributed by atoms with Crippen molar-refractivity contribution in [3.63, 3.8) is 0 Å². The second-order valence-electron chi connectivity index (χ2n) is 7.65. The molecule has 0 aliphatic carbocycles. The van der Waals surface area contributed by atoms with E-state index in [0.717, 1.165) is 11.1 Å². The van der Waals surface area contributed by atoms with Crippen molar-refractivity contribution >= 4 is 23.6 Å². The number of nitrogens with zero attached hydrogens (tertiary/aromatic N) is 1. The summed E-state index contributed by atoms with van der Waals surface area (Å²) >= 11 is 0. The molecule has 1 heterocycles. The van der Waals surface area contributed by atoms with Crippen LogP contribution >= 0.6 is 0 Å². The van der Waals surface area contributed by atoms with Crippen molar-refractivity contribution < 1.29 is 19.1 Å². The van der Waals surface area contributed by atoms with Crippen LogP contribution in [-0.2, 0) is 15.1 Å². The number of hydrogen-bond acceptors (Lipinski definition) is 3. The van der Waals surface area contributed by atoms with Gasteiger partial charge in [0.1, 0.15) is 5.82 Å². The molecule has 162 valence electrons. The maximum Gasteiger partial charge on any atom is 0.340 e. The Bertz CT molecular complexity index is 1210. The number of amides is 1. The van der Waals surface area contributed by atoms with Crippen molar-refractivity contribution in [1.82, 2.24) is 4.90 Å². The summed E-state index contributed by atoms with van der Waals surface area (Å²) < 4.78 is 13.9. The van der Waals surface area contributed by atoms with Crippen LogP contribution in [0, 0.1) is 5.82 Å². The molecular weight excluding hydrogens is 407 g/mol. The van der Waals surface area contributed by atoms with Gasteiger partial charge in [-0.2, -0.15) is 0 Å². The van der Waals surface area contributed by atoms with Crippen LogP contribution in [0.2, 0.25) is 0 Å². The Hall–Kier alpha value is -3.93. The molecule has 32 heavy (non-hydrogen) atoms. The Morgan fingerprint density at radius 1 is 1.00 bits per heavy atom. The van der Waals surface area contributed by atoms with Crippen LogP contribution in [-0.4, -0.2) is 28.4 Å². The molecule has 0 saturated carbocycles. The lowest BCUT2D eigenvalue weighted by atomic mass is 9.81. The van der Waals surface area contributed by atoms with E-state index < -0.39 is 17.3 Å². The summed E-state index contributed by atoms with van der Waals surface area (Å²) in [6.45, 7) is 3.43. The Balaban J connectivity index is 1.91. The third-order valence-corrected chi connectivity index (χ3v) is 5.75. The fraction of sp³-hybridized carbons (Fsp3) is 0.154. The van der Waals surface area contributed by atoms with E-state index in [4.69, 9.17) is 0 Å². The minimum absolute atomic E-state index is 0.241. The number of halogens is 1.